The molecule has 1 aliphatic rings. The summed E-state index contributed by atoms with van der Waals surface area (Å²) in [4.78, 5) is 12.0. The monoisotopic (exact) mass is 247 g/mol. The second kappa shape index (κ2) is 5.80. The van der Waals surface area contributed by atoms with Crippen LogP contribution in [0.15, 0.2) is 30.9 Å². The molecule has 0 spiro atoms. The Morgan fingerprint density at radius 3 is 3.11 bits per heavy atom. The average Bonchev–Trinajstić information content (AvgIpc) is 2.49. The smallest absolute Gasteiger partial charge is 0.251 e. The lowest BCUT2D eigenvalue weighted by Gasteiger charge is -2.14. The van der Waals surface area contributed by atoms with E-state index in [2.05, 4.69) is 11.9 Å². The molecular weight excluding hydrogens is 229 g/mol. The number of rotatable bonds is 4. The molecule has 0 radical (unpaired) electrons. The van der Waals surface area contributed by atoms with Crippen LogP contribution >= 0.6 is 0 Å². The fraction of sp³-hybridized carbons (Fsp3) is 0.400. The van der Waals surface area contributed by atoms with Crippen LogP contribution in [0.1, 0.15) is 41.6 Å². The predicted molar refractivity (Wildman–Crippen MR) is 70.0 cm³/mol. The molecule has 1 aliphatic heterocycles. The highest BCUT2D eigenvalue weighted by atomic mass is 19.1. The number of unbranched alkanes of at least 4 members (excludes halogenated alkanes) is 1. The van der Waals surface area contributed by atoms with Gasteiger partial charge in [0.1, 0.15) is 5.82 Å². The van der Waals surface area contributed by atoms with E-state index in [4.69, 9.17) is 0 Å². The number of amides is 1. The second-order valence-electron chi connectivity index (χ2n) is 4.73. The van der Waals surface area contributed by atoms with Crippen LogP contribution in [0.5, 0.6) is 0 Å². The molecule has 1 atom stereocenters. The highest BCUT2D eigenvalue weighted by Crippen LogP contribution is 2.20. The second-order valence-corrected chi connectivity index (χ2v) is 4.73. The van der Waals surface area contributed by atoms with Gasteiger partial charge in [0.05, 0.1) is 0 Å². The molecular formula is C15H18FNO. The fourth-order valence-corrected chi connectivity index (χ4v) is 2.38. The van der Waals surface area contributed by atoms with E-state index in [9.17, 15) is 9.18 Å². The number of benzene rings is 1. The van der Waals surface area contributed by atoms with Gasteiger partial charge in [0.15, 0.2) is 0 Å². The minimum absolute atomic E-state index is 0.0777. The van der Waals surface area contributed by atoms with Gasteiger partial charge in [-0.3, -0.25) is 4.79 Å². The van der Waals surface area contributed by atoms with E-state index in [-0.39, 0.29) is 17.8 Å². The molecule has 18 heavy (non-hydrogen) atoms. The molecule has 0 aromatic heterocycles. The summed E-state index contributed by atoms with van der Waals surface area (Å²) in [6.45, 7) is 3.69. The predicted octanol–water partition coefficient (Wildman–Crippen LogP) is 3.23. The first kappa shape index (κ1) is 12.8. The van der Waals surface area contributed by atoms with Gasteiger partial charge >= 0.3 is 0 Å². The summed E-state index contributed by atoms with van der Waals surface area (Å²) in [6.07, 6.45) is 6.47. The Balaban J connectivity index is 2.07. The van der Waals surface area contributed by atoms with E-state index in [0.717, 1.165) is 37.7 Å². The van der Waals surface area contributed by atoms with E-state index >= 15 is 0 Å². The van der Waals surface area contributed by atoms with Crippen molar-refractivity contribution in [1.82, 2.24) is 5.32 Å². The average molecular weight is 247 g/mol. The maximum Gasteiger partial charge on any atom is 0.251 e. The summed E-state index contributed by atoms with van der Waals surface area (Å²) in [7, 11) is 0. The molecule has 1 unspecified atom stereocenters. The van der Waals surface area contributed by atoms with E-state index in [0.29, 0.717) is 5.56 Å². The van der Waals surface area contributed by atoms with Gasteiger partial charge in [0.2, 0.25) is 0 Å². The molecule has 1 heterocycles. The molecule has 3 heteroatoms. The van der Waals surface area contributed by atoms with Gasteiger partial charge in [0.25, 0.3) is 5.91 Å². The van der Waals surface area contributed by atoms with Crippen molar-refractivity contribution >= 4 is 5.91 Å². The minimum Gasteiger partial charge on any atom is -0.349 e. The van der Waals surface area contributed by atoms with Crippen LogP contribution in [0.4, 0.5) is 4.39 Å². The third-order valence-corrected chi connectivity index (χ3v) is 3.37. The van der Waals surface area contributed by atoms with Gasteiger partial charge in [-0.05, 0) is 55.9 Å². The van der Waals surface area contributed by atoms with E-state index in [1.165, 1.54) is 12.1 Å². The Morgan fingerprint density at radius 2 is 2.33 bits per heavy atom. The molecule has 2 nitrogen and oxygen atoms in total. The van der Waals surface area contributed by atoms with Crippen molar-refractivity contribution in [3.63, 3.8) is 0 Å². The zero-order valence-corrected chi connectivity index (χ0v) is 10.4. The summed E-state index contributed by atoms with van der Waals surface area (Å²) in [6, 6.07) is 4.58. The van der Waals surface area contributed by atoms with Crippen LogP contribution in [0.2, 0.25) is 0 Å². The van der Waals surface area contributed by atoms with Gasteiger partial charge in [-0.1, -0.05) is 6.08 Å². The van der Waals surface area contributed by atoms with Crippen LogP contribution < -0.4 is 5.32 Å². The SMILES string of the molecule is C=CCCCC1CCc2cc(F)ccc2C(=O)N1. The normalized spacial score (nSPS) is 18.7. The van der Waals surface area contributed by atoms with Crippen molar-refractivity contribution in [2.75, 3.05) is 0 Å². The van der Waals surface area contributed by atoms with Gasteiger partial charge in [-0.25, -0.2) is 4.39 Å². The van der Waals surface area contributed by atoms with Crippen molar-refractivity contribution in [3.05, 3.63) is 47.8 Å². The third-order valence-electron chi connectivity index (χ3n) is 3.37. The van der Waals surface area contributed by atoms with Crippen molar-refractivity contribution < 1.29 is 9.18 Å². The quantitative estimate of drug-likeness (QED) is 0.642. The van der Waals surface area contributed by atoms with E-state index in [1.54, 1.807) is 6.07 Å². The molecule has 0 saturated carbocycles. The van der Waals surface area contributed by atoms with Crippen molar-refractivity contribution in [1.29, 1.82) is 0 Å². The molecule has 1 aromatic rings. The lowest BCUT2D eigenvalue weighted by molar-refractivity contribution is 0.0937. The molecule has 0 saturated heterocycles. The Kier molecular flexibility index (Phi) is 4.13. The Morgan fingerprint density at radius 1 is 1.50 bits per heavy atom. The fourth-order valence-electron chi connectivity index (χ4n) is 2.38. The van der Waals surface area contributed by atoms with Crippen LogP contribution in [-0.2, 0) is 6.42 Å². The van der Waals surface area contributed by atoms with Gasteiger partial charge in [-0.15, -0.1) is 6.58 Å². The maximum absolute atomic E-state index is 13.2. The van der Waals surface area contributed by atoms with Gasteiger partial charge in [-0.2, -0.15) is 0 Å². The lowest BCUT2D eigenvalue weighted by Crippen LogP contribution is -2.33. The molecule has 1 amide bonds. The number of hydrogen-bond donors (Lipinski definition) is 1. The Hall–Kier alpha value is -1.64. The summed E-state index contributed by atoms with van der Waals surface area (Å²) in [5.74, 6) is -0.349. The largest absolute Gasteiger partial charge is 0.349 e. The van der Waals surface area contributed by atoms with Crippen LogP contribution in [-0.4, -0.2) is 11.9 Å². The summed E-state index contributed by atoms with van der Waals surface area (Å²) < 4.78 is 13.2. The number of allylic oxidation sites excluding steroid dienone is 1. The van der Waals surface area contributed by atoms with E-state index in [1.807, 2.05) is 6.08 Å². The molecule has 96 valence electrons. The Bertz CT molecular complexity index is 456. The lowest BCUT2D eigenvalue weighted by atomic mass is 10.0. The van der Waals surface area contributed by atoms with Gasteiger partial charge < -0.3 is 5.32 Å². The van der Waals surface area contributed by atoms with Crippen molar-refractivity contribution in [2.45, 2.75) is 38.1 Å². The topological polar surface area (TPSA) is 29.1 Å². The molecule has 0 bridgehead atoms. The highest BCUT2D eigenvalue weighted by molar-refractivity contribution is 5.96. The first-order chi connectivity index (χ1) is 8.70. The van der Waals surface area contributed by atoms with Crippen LogP contribution in [0.25, 0.3) is 0 Å². The van der Waals surface area contributed by atoms with Gasteiger partial charge in [0, 0.05) is 11.6 Å². The molecule has 0 aliphatic carbocycles. The van der Waals surface area contributed by atoms with Crippen LogP contribution in [0, 0.1) is 5.82 Å². The number of aryl methyl sites for hydroxylation is 1. The number of fused-ring (bicyclic) bond motifs is 1. The standard InChI is InChI=1S/C15H18FNO/c1-2-3-4-5-13-8-6-11-10-12(16)7-9-14(11)15(18)17-13/h2,7,9-10,13H,1,3-6,8H2,(H,17,18). The molecule has 1 aromatic carbocycles. The number of nitrogens with one attached hydrogen (secondary N) is 1. The maximum atomic E-state index is 13.2. The molecule has 1 N–H and O–H groups in total. The third kappa shape index (κ3) is 2.97. The summed E-state index contributed by atoms with van der Waals surface area (Å²) in [5, 5.41) is 3.02. The minimum atomic E-state index is -0.272. The highest BCUT2D eigenvalue weighted by Gasteiger charge is 2.21. The first-order valence-electron chi connectivity index (χ1n) is 6.41. The number of carbonyl (C=O) groups is 1. The zero-order chi connectivity index (χ0) is 13.0. The first-order valence-corrected chi connectivity index (χ1v) is 6.41. The van der Waals surface area contributed by atoms with Crippen LogP contribution in [0.3, 0.4) is 0 Å². The summed E-state index contributed by atoms with van der Waals surface area (Å²) in [5.41, 5.74) is 1.43. The molecule has 2 rings (SSSR count). The number of halogens is 1. The van der Waals surface area contributed by atoms with Crippen molar-refractivity contribution in [3.8, 4) is 0 Å². The zero-order valence-electron chi connectivity index (χ0n) is 10.4. The van der Waals surface area contributed by atoms with Crippen molar-refractivity contribution in [2.24, 2.45) is 0 Å². The summed E-state index contributed by atoms with van der Waals surface area (Å²) >= 11 is 0. The number of hydrogen-bond acceptors (Lipinski definition) is 1. The molecule has 0 fully saturated rings. The van der Waals surface area contributed by atoms with E-state index < -0.39 is 0 Å². The number of carbonyl (C=O) groups excluding carboxylic acids is 1. The Labute approximate surface area is 107 Å².